The molecule has 9 nitrogen and oxygen atoms in total. The van der Waals surface area contributed by atoms with Crippen LogP contribution in [0.4, 0.5) is 4.39 Å². The van der Waals surface area contributed by atoms with Gasteiger partial charge in [-0.3, -0.25) is 4.79 Å². The van der Waals surface area contributed by atoms with Gasteiger partial charge in [0.1, 0.15) is 18.1 Å². The molecule has 1 N–H and O–H groups in total. The van der Waals surface area contributed by atoms with Crippen molar-refractivity contribution in [1.82, 2.24) is 14.2 Å². The largest absolute Gasteiger partial charge is 0.460 e. The lowest BCUT2D eigenvalue weighted by Gasteiger charge is -2.34. The summed E-state index contributed by atoms with van der Waals surface area (Å²) >= 11 is 0. The second-order valence-corrected chi connectivity index (χ2v) is 9.35. The number of nitrogens with zero attached hydrogens (tertiary/aromatic N) is 2. The van der Waals surface area contributed by atoms with E-state index < -0.39 is 21.8 Å². The van der Waals surface area contributed by atoms with E-state index in [9.17, 15) is 22.4 Å². The van der Waals surface area contributed by atoms with Gasteiger partial charge in [-0.2, -0.15) is 4.31 Å². The van der Waals surface area contributed by atoms with Crippen LogP contribution in [0.2, 0.25) is 0 Å². The van der Waals surface area contributed by atoms with Gasteiger partial charge >= 0.3 is 5.97 Å². The number of benzene rings is 1. The van der Waals surface area contributed by atoms with E-state index >= 15 is 0 Å². The molecule has 1 saturated heterocycles. The molecule has 3 rings (SSSR count). The smallest absolute Gasteiger partial charge is 0.340 e. The number of carbonyl (C=O) groups excluding carboxylic acids is 2. The fourth-order valence-electron chi connectivity index (χ4n) is 3.63. The minimum atomic E-state index is -3.86. The number of H-pyrrole nitrogens is 1. The van der Waals surface area contributed by atoms with Gasteiger partial charge in [-0.05, 0) is 37.6 Å². The van der Waals surface area contributed by atoms with Gasteiger partial charge in [0.15, 0.2) is 0 Å². The number of ether oxygens (including phenoxy) is 2. The van der Waals surface area contributed by atoms with E-state index in [1.54, 1.807) is 13.8 Å². The Morgan fingerprint density at radius 3 is 2.44 bits per heavy atom. The summed E-state index contributed by atoms with van der Waals surface area (Å²) in [5.41, 5.74) is 1.56. The van der Waals surface area contributed by atoms with Crippen molar-refractivity contribution in [3.63, 3.8) is 0 Å². The maximum atomic E-state index is 13.5. The first-order valence-electron chi connectivity index (χ1n) is 10.1. The minimum absolute atomic E-state index is 0.0786. The number of amides is 1. The van der Waals surface area contributed by atoms with Crippen LogP contribution < -0.4 is 0 Å². The third-order valence-electron chi connectivity index (χ3n) is 5.34. The molecular weight excluding hydrogens is 441 g/mol. The van der Waals surface area contributed by atoms with Crippen molar-refractivity contribution in [2.24, 2.45) is 0 Å². The summed E-state index contributed by atoms with van der Waals surface area (Å²) in [6, 6.07) is 4.84. The van der Waals surface area contributed by atoms with E-state index in [-0.39, 0.29) is 55.9 Å². The Balaban J connectivity index is 1.69. The molecule has 0 unspecified atom stereocenters. The van der Waals surface area contributed by atoms with Crippen LogP contribution >= 0.6 is 0 Å². The van der Waals surface area contributed by atoms with Crippen LogP contribution in [0.1, 0.15) is 32.1 Å². The Bertz CT molecular complexity index is 1110. The number of aryl methyl sites for hydroxylation is 1. The Hall–Kier alpha value is -2.76. The van der Waals surface area contributed by atoms with Crippen LogP contribution in [0.25, 0.3) is 0 Å². The Kier molecular flexibility index (Phi) is 7.32. The third-order valence-corrected chi connectivity index (χ3v) is 7.23. The average molecular weight is 468 g/mol. The van der Waals surface area contributed by atoms with Crippen molar-refractivity contribution in [3.8, 4) is 0 Å². The summed E-state index contributed by atoms with van der Waals surface area (Å²) < 4.78 is 50.2. The van der Waals surface area contributed by atoms with Crippen molar-refractivity contribution < 1.29 is 31.9 Å². The van der Waals surface area contributed by atoms with E-state index in [4.69, 9.17) is 9.47 Å². The van der Waals surface area contributed by atoms with Gasteiger partial charge in [-0.15, -0.1) is 0 Å². The highest BCUT2D eigenvalue weighted by Crippen LogP contribution is 2.23. The average Bonchev–Trinajstić information content (AvgIpc) is 3.07. The number of methoxy groups -OCH3 is 1. The molecule has 0 bridgehead atoms. The number of hydrogen-bond acceptors (Lipinski definition) is 6. The van der Waals surface area contributed by atoms with Gasteiger partial charge < -0.3 is 19.4 Å². The molecule has 1 amide bonds. The molecule has 0 aliphatic carbocycles. The molecule has 0 radical (unpaired) electrons. The van der Waals surface area contributed by atoms with Gasteiger partial charge in [0.25, 0.3) is 5.91 Å². The van der Waals surface area contributed by atoms with Gasteiger partial charge in [0, 0.05) is 39.0 Å². The molecule has 1 aromatic carbocycles. The Morgan fingerprint density at radius 2 is 1.81 bits per heavy atom. The lowest BCUT2D eigenvalue weighted by Crippen LogP contribution is -2.50. The summed E-state index contributed by atoms with van der Waals surface area (Å²) in [5.74, 6) is -1.50. The van der Waals surface area contributed by atoms with E-state index in [0.717, 1.165) is 6.07 Å². The van der Waals surface area contributed by atoms with E-state index in [1.807, 2.05) is 0 Å². The molecule has 1 aliphatic heterocycles. The fraction of sp³-hybridized carbons (Fsp3) is 0.429. The predicted molar refractivity (Wildman–Crippen MR) is 113 cm³/mol. The highest BCUT2D eigenvalue weighted by atomic mass is 32.2. The number of piperazine rings is 1. The molecule has 2 aromatic rings. The molecular formula is C21H26FN3O6S. The minimum Gasteiger partial charge on any atom is -0.460 e. The van der Waals surface area contributed by atoms with Gasteiger partial charge in [0.05, 0.1) is 17.1 Å². The second kappa shape index (κ2) is 9.80. The SMILES string of the molecule is COCCOC(=O)c1c(C)[nH]c(C(=O)N2CCN(S(=O)(=O)c3cccc(F)c3)CC2)c1C. The van der Waals surface area contributed by atoms with E-state index in [2.05, 4.69) is 4.98 Å². The second-order valence-electron chi connectivity index (χ2n) is 7.41. The maximum absolute atomic E-state index is 13.5. The summed E-state index contributed by atoms with van der Waals surface area (Å²) in [6.45, 7) is 4.20. The first-order valence-corrected chi connectivity index (χ1v) is 11.5. The van der Waals surface area contributed by atoms with Crippen molar-refractivity contribution >= 4 is 21.9 Å². The van der Waals surface area contributed by atoms with Crippen molar-refractivity contribution in [1.29, 1.82) is 0 Å². The Morgan fingerprint density at radius 1 is 1.12 bits per heavy atom. The summed E-state index contributed by atoms with van der Waals surface area (Å²) in [6.07, 6.45) is 0. The van der Waals surface area contributed by atoms with Crippen LogP contribution in [0.5, 0.6) is 0 Å². The summed E-state index contributed by atoms with van der Waals surface area (Å²) in [7, 11) is -2.35. The molecule has 2 heterocycles. The van der Waals surface area contributed by atoms with Crippen LogP contribution in [0.3, 0.4) is 0 Å². The zero-order valence-corrected chi connectivity index (χ0v) is 19.0. The highest BCUT2D eigenvalue weighted by molar-refractivity contribution is 7.89. The first-order chi connectivity index (χ1) is 15.2. The topological polar surface area (TPSA) is 109 Å². The van der Waals surface area contributed by atoms with Crippen molar-refractivity contribution in [3.05, 3.63) is 52.6 Å². The molecule has 1 aliphatic rings. The lowest BCUT2D eigenvalue weighted by atomic mass is 10.1. The van der Waals surface area contributed by atoms with Crippen LogP contribution in [-0.2, 0) is 19.5 Å². The molecule has 1 aromatic heterocycles. The number of rotatable bonds is 7. The van der Waals surface area contributed by atoms with Gasteiger partial charge in [0.2, 0.25) is 10.0 Å². The van der Waals surface area contributed by atoms with E-state index in [0.29, 0.717) is 16.8 Å². The normalized spacial score (nSPS) is 15.1. The number of aromatic nitrogens is 1. The number of esters is 1. The quantitative estimate of drug-likeness (QED) is 0.491. The summed E-state index contributed by atoms with van der Waals surface area (Å²) in [4.78, 5) is 29.8. The molecule has 32 heavy (non-hydrogen) atoms. The number of halogens is 1. The summed E-state index contributed by atoms with van der Waals surface area (Å²) in [5, 5.41) is 0. The maximum Gasteiger partial charge on any atom is 0.340 e. The van der Waals surface area contributed by atoms with E-state index in [1.165, 1.54) is 34.5 Å². The third kappa shape index (κ3) is 4.84. The lowest BCUT2D eigenvalue weighted by molar-refractivity contribution is 0.0386. The molecule has 174 valence electrons. The first kappa shape index (κ1) is 23.9. The number of nitrogens with one attached hydrogen (secondary N) is 1. The number of hydrogen-bond donors (Lipinski definition) is 1. The van der Waals surface area contributed by atoms with Gasteiger partial charge in [-0.25, -0.2) is 17.6 Å². The van der Waals surface area contributed by atoms with Crippen LogP contribution in [0, 0.1) is 19.7 Å². The molecule has 11 heteroatoms. The molecule has 0 saturated carbocycles. The number of aromatic amines is 1. The number of sulfonamides is 1. The number of carbonyl (C=O) groups is 2. The standard InChI is InChI=1S/C21H26FN3O6S/c1-14-18(21(27)31-12-11-30-3)15(2)23-19(14)20(26)24-7-9-25(10-8-24)32(28,29)17-6-4-5-16(22)13-17/h4-6,13,23H,7-12H2,1-3H3. The molecule has 0 atom stereocenters. The van der Waals surface area contributed by atoms with Crippen molar-refractivity contribution in [2.75, 3.05) is 46.5 Å². The molecule has 0 spiro atoms. The van der Waals surface area contributed by atoms with Crippen molar-refractivity contribution in [2.45, 2.75) is 18.7 Å². The zero-order chi connectivity index (χ0) is 23.5. The fourth-order valence-corrected chi connectivity index (χ4v) is 5.08. The predicted octanol–water partition coefficient (Wildman–Crippen LogP) is 1.72. The van der Waals surface area contributed by atoms with Gasteiger partial charge in [-0.1, -0.05) is 6.07 Å². The van der Waals surface area contributed by atoms with Crippen LogP contribution in [-0.4, -0.2) is 81.0 Å². The highest BCUT2D eigenvalue weighted by Gasteiger charge is 2.32. The monoisotopic (exact) mass is 467 g/mol. The Labute approximate surface area is 186 Å². The zero-order valence-electron chi connectivity index (χ0n) is 18.2. The van der Waals surface area contributed by atoms with Crippen LogP contribution in [0.15, 0.2) is 29.2 Å². The molecule has 1 fully saturated rings.